The summed E-state index contributed by atoms with van der Waals surface area (Å²) >= 11 is 0. The molecular weight excluding hydrogens is 985 g/mol. The number of rotatable bonds is 10. The van der Waals surface area contributed by atoms with Crippen molar-refractivity contribution in [2.75, 3.05) is 0 Å². The van der Waals surface area contributed by atoms with Gasteiger partial charge in [-0.3, -0.25) is 9.13 Å². The molecule has 0 saturated heterocycles. The van der Waals surface area contributed by atoms with Crippen molar-refractivity contribution in [3.8, 4) is 56.8 Å². The van der Waals surface area contributed by atoms with E-state index >= 15 is 9.13 Å². The van der Waals surface area contributed by atoms with Crippen molar-refractivity contribution in [3.63, 3.8) is 0 Å². The zero-order valence-electron chi connectivity index (χ0n) is 41.5. The molecule has 4 atom stereocenters. The second-order valence-electron chi connectivity index (χ2n) is 20.2. The van der Waals surface area contributed by atoms with Crippen LogP contribution < -0.4 is 19.7 Å². The second-order valence-corrected chi connectivity index (χ2v) is 28.4. The fraction of sp³-hybridized carbons (Fsp3) is 0.186. The highest BCUT2D eigenvalue weighted by Gasteiger charge is 2.51. The van der Waals surface area contributed by atoms with Crippen molar-refractivity contribution in [3.05, 3.63) is 214 Å². The maximum atomic E-state index is 15.3. The molecule has 4 unspecified atom stereocenters. The number of fused-ring (bicyclic) bond motifs is 6. The predicted molar refractivity (Wildman–Crippen MR) is 301 cm³/mol. The Balaban J connectivity index is 0.00000158. The first-order valence-corrected chi connectivity index (χ1v) is 30.1. The number of benzene rings is 8. The summed E-state index contributed by atoms with van der Waals surface area (Å²) in [7, 11) is -1.19. The minimum absolute atomic E-state index is 0.0415. The highest BCUT2D eigenvalue weighted by molar-refractivity contribution is 8.19. The largest absolute Gasteiger partial charge is 0.508 e. The van der Waals surface area contributed by atoms with Gasteiger partial charge in [0.05, 0.1) is 29.8 Å². The normalized spacial score (nSPS) is 17.0. The van der Waals surface area contributed by atoms with E-state index in [0.29, 0.717) is 55.5 Å². The van der Waals surface area contributed by atoms with Crippen LogP contribution in [0.5, 0.6) is 34.5 Å². The first-order valence-electron chi connectivity index (χ1n) is 23.8. The standard InChI is InChI=1S/C59H54O8P2.BH3NP2/c1-57(2,41-23-27-49(60)37(33-41)31-39-35-43(25-29-51(39)62)58(3,4)68(64)55-21-13-9-17-47(55)45-15-7-11-19-53(45)66-68)42-24-28-50(61)38(34-42)32-40-36-44(26-30-52(40)63)59(5,6)69(65)56-22-14-10-18-48(56)46-16-8-12-20-54(46)67-69;1-4(2)3/h7-30,33-36,60-63H,31-32H2,1-6H3;2H,3H2/q;+1. The van der Waals surface area contributed by atoms with Gasteiger partial charge in [0.1, 0.15) is 41.8 Å². The zero-order valence-corrected chi connectivity index (χ0v) is 45.3. The third-order valence-corrected chi connectivity index (χ3v) is 21.1. The van der Waals surface area contributed by atoms with Crippen LogP contribution in [0.4, 0.5) is 0 Å². The third kappa shape index (κ3) is 9.23. The summed E-state index contributed by atoms with van der Waals surface area (Å²) in [5, 5.41) is 50.9. The highest BCUT2D eigenvalue weighted by atomic mass is 32.0. The molecule has 0 aliphatic carbocycles. The van der Waals surface area contributed by atoms with Crippen LogP contribution in [0.1, 0.15) is 86.1 Å². The minimum Gasteiger partial charge on any atom is -0.508 e. The first kappa shape index (κ1) is 51.5. The Morgan fingerprint density at radius 1 is 0.466 bits per heavy atom. The Morgan fingerprint density at radius 2 is 0.740 bits per heavy atom. The second kappa shape index (κ2) is 19.5. The molecule has 10 rings (SSSR count). The van der Waals surface area contributed by atoms with Gasteiger partial charge < -0.3 is 29.5 Å². The van der Waals surface area contributed by atoms with Crippen molar-refractivity contribution in [1.82, 2.24) is 0 Å². The number of hydrogen-bond acceptors (Lipinski definition) is 9. The molecule has 0 fully saturated rings. The quantitative estimate of drug-likeness (QED) is 0.0669. The summed E-state index contributed by atoms with van der Waals surface area (Å²) in [5.74, 6) is 1.33. The van der Waals surface area contributed by atoms with Crippen LogP contribution in [0.2, 0.25) is 0 Å². The lowest BCUT2D eigenvalue weighted by molar-refractivity contribution is 0.452. The molecule has 8 aromatic rings. The van der Waals surface area contributed by atoms with Crippen molar-refractivity contribution in [2.45, 2.75) is 70.1 Å². The molecule has 2 heterocycles. The van der Waals surface area contributed by atoms with Gasteiger partial charge in [0, 0.05) is 29.4 Å². The van der Waals surface area contributed by atoms with Crippen LogP contribution in [0.25, 0.3) is 22.3 Å². The van der Waals surface area contributed by atoms with Crippen LogP contribution in [0, 0.1) is 5.16 Å². The van der Waals surface area contributed by atoms with E-state index in [4.69, 9.17) is 21.8 Å². The molecular formula is C59H57BNO8P4+. The summed E-state index contributed by atoms with van der Waals surface area (Å²) in [6.07, 6.45) is 0.359. The summed E-state index contributed by atoms with van der Waals surface area (Å²) in [5.41, 5.74) is 8.32. The van der Waals surface area contributed by atoms with E-state index in [1.54, 1.807) is 36.4 Å². The van der Waals surface area contributed by atoms with Crippen LogP contribution in [0.15, 0.2) is 170 Å². The lowest BCUT2D eigenvalue weighted by Gasteiger charge is -2.39. The van der Waals surface area contributed by atoms with Crippen molar-refractivity contribution >= 4 is 49.1 Å². The van der Waals surface area contributed by atoms with Crippen molar-refractivity contribution in [1.29, 1.82) is 5.16 Å². The van der Waals surface area contributed by atoms with Gasteiger partial charge in [0.15, 0.2) is 0 Å². The van der Waals surface area contributed by atoms with E-state index in [-0.39, 0.29) is 35.8 Å². The van der Waals surface area contributed by atoms with E-state index in [1.807, 2.05) is 161 Å². The third-order valence-electron chi connectivity index (χ3n) is 14.7. The minimum atomic E-state index is -3.60. The number of phenolic OH excluding ortho intramolecular Hbond substituents is 4. The number of nitrogens with one attached hydrogen (secondary N) is 1. The molecule has 368 valence electrons. The molecule has 2 radical (unpaired) electrons. The number of para-hydroxylation sites is 2. The van der Waals surface area contributed by atoms with E-state index in [1.165, 1.54) is 0 Å². The van der Waals surface area contributed by atoms with E-state index < -0.39 is 37.7 Å². The highest BCUT2D eigenvalue weighted by Crippen LogP contribution is 2.68. The van der Waals surface area contributed by atoms with Crippen LogP contribution in [-0.4, -0.2) is 28.0 Å². The molecule has 8 aromatic carbocycles. The molecule has 2 aliphatic rings. The van der Waals surface area contributed by atoms with Gasteiger partial charge in [-0.2, -0.15) is 0 Å². The fourth-order valence-corrected chi connectivity index (χ4v) is 15.3. The Labute approximate surface area is 432 Å². The maximum Gasteiger partial charge on any atom is 0.475 e. The Morgan fingerprint density at radius 3 is 1.08 bits per heavy atom. The first-order chi connectivity index (χ1) is 34.6. The van der Waals surface area contributed by atoms with E-state index in [0.717, 1.165) is 33.4 Å². The van der Waals surface area contributed by atoms with Gasteiger partial charge in [0.2, 0.25) is 0 Å². The van der Waals surface area contributed by atoms with Gasteiger partial charge in [0.25, 0.3) is 14.7 Å². The summed E-state index contributed by atoms with van der Waals surface area (Å²) in [6, 6.07) is 52.0. The molecule has 0 saturated carbocycles. The maximum absolute atomic E-state index is 15.3. The molecule has 2 aliphatic heterocycles. The van der Waals surface area contributed by atoms with Gasteiger partial charge in [-0.05, 0) is 132 Å². The molecule has 0 aromatic heterocycles. The SMILES string of the molecule is CC(C)(c1ccc(O)c(Cc2cc(C(C)(C)P3(=O)Oc4ccccc4-c4ccccc43)ccc2O)c1)c1ccc(O)c(Cc2cc(C(C)(C)P3(=O)Oc4ccccc4-c4ccccc43)ccc2O)c1.[B][P+](=N)P. The fourth-order valence-electron chi connectivity index (χ4n) is 10.0. The molecule has 73 heavy (non-hydrogen) atoms. The van der Waals surface area contributed by atoms with Crippen LogP contribution in [-0.2, 0) is 37.7 Å². The monoisotopic (exact) mass is 1040 g/mol. The van der Waals surface area contributed by atoms with Crippen molar-refractivity contribution < 1.29 is 38.6 Å². The van der Waals surface area contributed by atoms with Gasteiger partial charge in [-0.25, -0.2) is 0 Å². The molecule has 9 nitrogen and oxygen atoms in total. The van der Waals surface area contributed by atoms with Gasteiger partial charge in [-0.15, -0.1) is 5.16 Å². The molecule has 0 amide bonds. The molecule has 5 N–H and O–H groups in total. The van der Waals surface area contributed by atoms with Gasteiger partial charge in [-0.1, -0.05) is 135 Å². The Bertz CT molecular complexity index is 3360. The zero-order chi connectivity index (χ0) is 52.3. The average Bonchev–Trinajstić information content (AvgIpc) is 3.36. The number of phenols is 4. The lowest BCUT2D eigenvalue weighted by Crippen LogP contribution is -2.31. The number of hydrogen-bond donors (Lipinski definition) is 5. The number of aromatic hydroxyl groups is 4. The van der Waals surface area contributed by atoms with Crippen molar-refractivity contribution in [2.24, 2.45) is 0 Å². The topological polar surface area (TPSA) is 157 Å². The predicted octanol–water partition coefficient (Wildman–Crippen LogP) is 14.9. The summed E-state index contributed by atoms with van der Waals surface area (Å²) in [4.78, 5) is 0. The molecule has 0 spiro atoms. The summed E-state index contributed by atoms with van der Waals surface area (Å²) in [6.45, 7) is 11.8. The van der Waals surface area contributed by atoms with Gasteiger partial charge >= 0.3 is 7.57 Å². The average molecular weight is 1040 g/mol. The van der Waals surface area contributed by atoms with Crippen LogP contribution >= 0.6 is 30.9 Å². The lowest BCUT2D eigenvalue weighted by atomic mass is 9.76. The summed E-state index contributed by atoms with van der Waals surface area (Å²) < 4.78 is 43.7. The van der Waals surface area contributed by atoms with E-state index in [9.17, 15) is 20.4 Å². The molecule has 14 heteroatoms. The smallest absolute Gasteiger partial charge is 0.475 e. The van der Waals surface area contributed by atoms with Crippen LogP contribution in [0.3, 0.4) is 0 Å². The Hall–Kier alpha value is -6.39. The molecule has 0 bridgehead atoms. The van der Waals surface area contributed by atoms with E-state index in [2.05, 4.69) is 22.8 Å². The Kier molecular flexibility index (Phi) is 13.7.